The van der Waals surface area contributed by atoms with Crippen LogP contribution in [0.15, 0.2) is 334 Å². The fraction of sp³-hybridized carbons (Fsp3) is 0.0230. The van der Waals surface area contributed by atoms with E-state index in [1.54, 1.807) is 0 Å². The van der Waals surface area contributed by atoms with Gasteiger partial charge in [0.15, 0.2) is 17.5 Å². The monoisotopic (exact) mass is 1190 g/mol. The summed E-state index contributed by atoms with van der Waals surface area (Å²) < 4.78 is 7.39. The number of hydrogen-bond donors (Lipinski definition) is 0. The summed E-state index contributed by atoms with van der Waals surface area (Å²) in [7, 11) is 0. The zero-order valence-corrected chi connectivity index (χ0v) is 50.7. The average Bonchev–Trinajstić information content (AvgIpc) is 1.61. The number of para-hydroxylation sites is 4. The largest absolute Gasteiger partial charge is 0.309 e. The molecular weight excluding hydrogens is 1130 g/mol. The van der Waals surface area contributed by atoms with Crippen LogP contribution in [0.3, 0.4) is 0 Å². The molecule has 4 aromatic heterocycles. The van der Waals surface area contributed by atoms with Gasteiger partial charge >= 0.3 is 0 Å². The lowest BCUT2D eigenvalue weighted by molar-refractivity contribution is 0.854. The van der Waals surface area contributed by atoms with Gasteiger partial charge < -0.3 is 13.7 Å². The van der Waals surface area contributed by atoms with Crippen molar-refractivity contribution in [1.29, 1.82) is 0 Å². The molecule has 0 spiro atoms. The molecule has 0 bridgehead atoms. The molecule has 436 valence electrons. The lowest BCUT2D eigenvalue weighted by atomic mass is 9.88. The molecule has 0 amide bonds. The summed E-state index contributed by atoms with van der Waals surface area (Å²) in [5.74, 6) is 1.96. The first kappa shape index (κ1) is 53.7. The molecule has 0 saturated carbocycles. The van der Waals surface area contributed by atoms with Crippen molar-refractivity contribution in [2.24, 2.45) is 0 Å². The second-order valence-corrected chi connectivity index (χ2v) is 24.2. The van der Waals surface area contributed by atoms with Gasteiger partial charge in [0.1, 0.15) is 0 Å². The molecule has 0 aliphatic heterocycles. The van der Waals surface area contributed by atoms with Crippen molar-refractivity contribution in [1.82, 2.24) is 28.7 Å². The maximum Gasteiger partial charge on any atom is 0.164 e. The first-order valence-electron chi connectivity index (χ1n) is 31.9. The number of allylic oxidation sites excluding steroid dienone is 4. The number of fused-ring (bicyclic) bond motifs is 9. The van der Waals surface area contributed by atoms with Gasteiger partial charge in [0.2, 0.25) is 0 Å². The van der Waals surface area contributed by atoms with Crippen LogP contribution in [-0.4, -0.2) is 28.7 Å². The third kappa shape index (κ3) is 9.29. The van der Waals surface area contributed by atoms with Crippen molar-refractivity contribution in [3.05, 3.63) is 339 Å². The summed E-state index contributed by atoms with van der Waals surface area (Å²) in [5, 5.41) is 7.17. The molecule has 0 fully saturated rings. The zero-order valence-electron chi connectivity index (χ0n) is 50.7. The van der Waals surface area contributed by atoms with Crippen LogP contribution in [0.5, 0.6) is 0 Å². The third-order valence-corrected chi connectivity index (χ3v) is 18.8. The number of benzene rings is 13. The molecule has 0 radical (unpaired) electrons. The Bertz CT molecular complexity index is 5480. The van der Waals surface area contributed by atoms with E-state index in [9.17, 15) is 0 Å². The summed E-state index contributed by atoms with van der Waals surface area (Å²) in [6.07, 6.45) is 9.76. The first-order valence-corrected chi connectivity index (χ1v) is 31.9. The van der Waals surface area contributed by atoms with Crippen LogP contribution in [0.1, 0.15) is 17.9 Å². The average molecular weight is 1190 g/mol. The van der Waals surface area contributed by atoms with Gasteiger partial charge in [-0.25, -0.2) is 15.0 Å². The lowest BCUT2D eigenvalue weighted by Gasteiger charge is -2.21. The molecule has 1 aliphatic carbocycles. The maximum atomic E-state index is 5.64. The van der Waals surface area contributed by atoms with Crippen LogP contribution in [0, 0.1) is 0 Å². The fourth-order valence-electron chi connectivity index (χ4n) is 14.4. The van der Waals surface area contributed by atoms with E-state index in [1.807, 2.05) is 0 Å². The Morgan fingerprint density at radius 3 is 1.08 bits per heavy atom. The van der Waals surface area contributed by atoms with E-state index < -0.39 is 0 Å². The quantitative estimate of drug-likeness (QED) is 0.130. The van der Waals surface area contributed by atoms with E-state index in [0.29, 0.717) is 17.5 Å². The Hall–Kier alpha value is -12.3. The van der Waals surface area contributed by atoms with Crippen molar-refractivity contribution in [2.45, 2.75) is 12.3 Å². The van der Waals surface area contributed by atoms with E-state index in [2.05, 4.69) is 347 Å². The molecule has 18 rings (SSSR count). The molecule has 93 heavy (non-hydrogen) atoms. The van der Waals surface area contributed by atoms with Crippen molar-refractivity contribution >= 4 is 65.4 Å². The summed E-state index contributed by atoms with van der Waals surface area (Å²) in [5.41, 5.74) is 22.6. The molecule has 1 atom stereocenters. The number of aromatic nitrogens is 6. The molecule has 1 unspecified atom stereocenters. The van der Waals surface area contributed by atoms with E-state index in [0.717, 1.165) is 129 Å². The molecule has 0 N–H and O–H groups in total. The van der Waals surface area contributed by atoms with Crippen molar-refractivity contribution in [2.75, 3.05) is 0 Å². The Morgan fingerprint density at radius 2 is 0.624 bits per heavy atom. The van der Waals surface area contributed by atoms with Gasteiger partial charge in [-0.2, -0.15) is 0 Å². The summed E-state index contributed by atoms with van der Waals surface area (Å²) in [4.78, 5) is 16.7. The van der Waals surface area contributed by atoms with Crippen LogP contribution in [0.4, 0.5) is 0 Å². The fourth-order valence-corrected chi connectivity index (χ4v) is 14.4. The third-order valence-electron chi connectivity index (χ3n) is 18.8. The summed E-state index contributed by atoms with van der Waals surface area (Å²) >= 11 is 0. The van der Waals surface area contributed by atoms with E-state index in [1.165, 1.54) is 27.1 Å². The van der Waals surface area contributed by atoms with Crippen molar-refractivity contribution < 1.29 is 0 Å². The molecular formula is C87H58N6. The molecule has 6 heteroatoms. The minimum Gasteiger partial charge on any atom is -0.309 e. The van der Waals surface area contributed by atoms with Gasteiger partial charge in [-0.3, -0.25) is 0 Å². The Labute approximate surface area is 538 Å². The van der Waals surface area contributed by atoms with Gasteiger partial charge in [-0.1, -0.05) is 249 Å². The van der Waals surface area contributed by atoms with Gasteiger partial charge in [-0.05, 0) is 130 Å². The highest BCUT2D eigenvalue weighted by molar-refractivity contribution is 6.15. The van der Waals surface area contributed by atoms with Gasteiger partial charge in [0.25, 0.3) is 0 Å². The number of hydrogen-bond acceptors (Lipinski definition) is 3. The SMILES string of the molecule is C1=CCC(c2cc(-c3ccccc3)cc(-c3nc(-c4ccc(-c5ccccc5)cc4)nc(-c4cc(-c5ccccc5)c(-n5c6ccc(-n7c8ccccc8c8ccccc87)cc6c6cc(-n7c8ccccc8c8ccccc87)ccc65)c(-c5ccccc5)c4)n3)c2)C=C1. The first-order chi connectivity index (χ1) is 46.1. The predicted molar refractivity (Wildman–Crippen MR) is 387 cm³/mol. The van der Waals surface area contributed by atoms with Gasteiger partial charge in [-0.15, -0.1) is 0 Å². The van der Waals surface area contributed by atoms with Crippen LogP contribution in [0.25, 0.3) is 161 Å². The van der Waals surface area contributed by atoms with E-state index in [-0.39, 0.29) is 5.92 Å². The van der Waals surface area contributed by atoms with E-state index in [4.69, 9.17) is 15.0 Å². The summed E-state index contributed by atoms with van der Waals surface area (Å²) in [6, 6.07) is 112. The molecule has 4 heterocycles. The predicted octanol–water partition coefficient (Wildman–Crippen LogP) is 22.4. The highest BCUT2D eigenvalue weighted by atomic mass is 15.0. The van der Waals surface area contributed by atoms with Crippen LogP contribution in [-0.2, 0) is 0 Å². The van der Waals surface area contributed by atoms with Gasteiger partial charge in [0.05, 0.1) is 38.8 Å². The molecule has 13 aromatic carbocycles. The minimum absolute atomic E-state index is 0.194. The second-order valence-electron chi connectivity index (χ2n) is 24.2. The molecule has 0 saturated heterocycles. The van der Waals surface area contributed by atoms with Crippen molar-refractivity contribution in [3.8, 4) is 95.7 Å². The maximum absolute atomic E-state index is 5.64. The second kappa shape index (κ2) is 22.4. The lowest BCUT2D eigenvalue weighted by Crippen LogP contribution is -2.05. The smallest absolute Gasteiger partial charge is 0.164 e. The molecule has 17 aromatic rings. The Balaban J connectivity index is 0.911. The Kier molecular flexibility index (Phi) is 12.9. The standard InChI is InChI=1S/C87H58N6/c1-6-24-57(25-7-1)60-42-44-63(45-43-60)85-88-86(66-51-64(58-26-8-2-9-27-58)50-65(52-66)59-28-10-3-11-29-59)90-87(89-85)67-53-74(61-30-12-4-13-31-61)84(75(54-67)62-32-14-5-15-33-62)93-82-48-46-68(91-78-38-20-16-34-70(78)71-35-17-21-39-79(71)91)55-76(82)77-56-69(47-49-83(77)93)92-80-40-22-18-36-72(80)73-37-19-23-41-81(73)92/h1-28,30-56,59H,29H2. The number of nitrogens with zero attached hydrogens (tertiary/aromatic N) is 6. The van der Waals surface area contributed by atoms with E-state index >= 15 is 0 Å². The van der Waals surface area contributed by atoms with Crippen LogP contribution >= 0.6 is 0 Å². The van der Waals surface area contributed by atoms with Gasteiger partial charge in [0, 0.05) is 77.4 Å². The normalized spacial score (nSPS) is 13.1. The Morgan fingerprint density at radius 1 is 0.258 bits per heavy atom. The minimum atomic E-state index is 0.194. The summed E-state index contributed by atoms with van der Waals surface area (Å²) in [6.45, 7) is 0. The zero-order chi connectivity index (χ0) is 61.3. The highest BCUT2D eigenvalue weighted by Gasteiger charge is 2.26. The number of rotatable bonds is 11. The molecule has 6 nitrogen and oxygen atoms in total. The van der Waals surface area contributed by atoms with Crippen LogP contribution < -0.4 is 0 Å². The topological polar surface area (TPSA) is 53.5 Å². The van der Waals surface area contributed by atoms with Crippen molar-refractivity contribution in [3.63, 3.8) is 0 Å². The highest BCUT2D eigenvalue weighted by Crippen LogP contribution is 2.46. The van der Waals surface area contributed by atoms with Crippen LogP contribution in [0.2, 0.25) is 0 Å². The molecule has 1 aliphatic rings.